The Balaban J connectivity index is 5.10. The lowest BCUT2D eigenvalue weighted by atomic mass is 10.0. The van der Waals surface area contributed by atoms with E-state index in [4.69, 9.17) is 17.2 Å². The molecular formula is C15H30N6O5. The Hall–Kier alpha value is -2.40. The zero-order chi connectivity index (χ0) is 20.4. The maximum atomic E-state index is 12.4. The molecule has 10 N–H and O–H groups in total. The minimum absolute atomic E-state index is 0.100. The second-order valence-corrected chi connectivity index (χ2v) is 6.34. The normalized spacial score (nSPS) is 15.5. The lowest BCUT2D eigenvalue weighted by molar-refractivity contribution is -0.143. The Labute approximate surface area is 152 Å². The van der Waals surface area contributed by atoms with Gasteiger partial charge >= 0.3 is 5.97 Å². The van der Waals surface area contributed by atoms with E-state index >= 15 is 0 Å². The Bertz CT molecular complexity index is 519. The van der Waals surface area contributed by atoms with Crippen LogP contribution in [0.15, 0.2) is 4.99 Å². The van der Waals surface area contributed by atoms with Gasteiger partial charge in [-0.15, -0.1) is 0 Å². The van der Waals surface area contributed by atoms with Crippen LogP contribution in [0.4, 0.5) is 0 Å². The number of nitrogens with two attached hydrogens (primary N) is 3. The van der Waals surface area contributed by atoms with Crippen LogP contribution in [-0.4, -0.2) is 64.7 Å². The fourth-order valence-electron chi connectivity index (χ4n) is 2.03. The lowest BCUT2D eigenvalue weighted by Crippen LogP contribution is -2.57. The van der Waals surface area contributed by atoms with E-state index in [-0.39, 0.29) is 24.8 Å². The molecule has 0 spiro atoms. The molecule has 0 saturated carbocycles. The SMILES string of the molecule is CC(C)[C@H](NC(=O)[C@H](CCCN=C(N)N)NC(=O)[C@@H](N)[C@@H](C)O)C(=O)O. The van der Waals surface area contributed by atoms with Crippen molar-refractivity contribution in [2.45, 2.75) is 57.8 Å². The first-order chi connectivity index (χ1) is 12.0. The number of amides is 2. The van der Waals surface area contributed by atoms with Gasteiger partial charge in [-0.25, -0.2) is 4.79 Å². The summed E-state index contributed by atoms with van der Waals surface area (Å²) in [4.78, 5) is 39.5. The number of rotatable bonds is 11. The van der Waals surface area contributed by atoms with E-state index in [1.165, 1.54) is 6.92 Å². The van der Waals surface area contributed by atoms with Gasteiger partial charge in [-0.1, -0.05) is 13.8 Å². The first-order valence-electron chi connectivity index (χ1n) is 8.30. The average Bonchev–Trinajstić information content (AvgIpc) is 2.52. The molecule has 0 aliphatic heterocycles. The second-order valence-electron chi connectivity index (χ2n) is 6.34. The summed E-state index contributed by atoms with van der Waals surface area (Å²) < 4.78 is 0. The smallest absolute Gasteiger partial charge is 0.326 e. The molecule has 0 aliphatic carbocycles. The minimum Gasteiger partial charge on any atom is -0.480 e. The minimum atomic E-state index is -1.22. The molecule has 0 unspecified atom stereocenters. The van der Waals surface area contributed by atoms with Crippen molar-refractivity contribution in [2.75, 3.05) is 6.54 Å². The van der Waals surface area contributed by atoms with Crippen LogP contribution in [0.25, 0.3) is 0 Å². The molecular weight excluding hydrogens is 344 g/mol. The Morgan fingerprint density at radius 2 is 1.65 bits per heavy atom. The van der Waals surface area contributed by atoms with Crippen LogP contribution in [0.2, 0.25) is 0 Å². The van der Waals surface area contributed by atoms with Gasteiger partial charge in [0, 0.05) is 6.54 Å². The molecule has 11 heteroatoms. The van der Waals surface area contributed by atoms with Crippen molar-refractivity contribution in [2.24, 2.45) is 28.1 Å². The van der Waals surface area contributed by atoms with Crippen molar-refractivity contribution in [1.29, 1.82) is 0 Å². The van der Waals surface area contributed by atoms with Crippen molar-refractivity contribution in [3.8, 4) is 0 Å². The van der Waals surface area contributed by atoms with E-state index < -0.39 is 42.0 Å². The van der Waals surface area contributed by atoms with Crippen LogP contribution in [0.3, 0.4) is 0 Å². The predicted molar refractivity (Wildman–Crippen MR) is 95.9 cm³/mol. The molecule has 0 radical (unpaired) electrons. The molecule has 0 rings (SSSR count). The fourth-order valence-corrected chi connectivity index (χ4v) is 2.03. The molecule has 0 heterocycles. The van der Waals surface area contributed by atoms with Crippen molar-refractivity contribution in [3.63, 3.8) is 0 Å². The Kier molecular flexibility index (Phi) is 10.2. The van der Waals surface area contributed by atoms with Gasteiger partial charge in [-0.2, -0.15) is 0 Å². The number of aliphatic carboxylic acids is 1. The highest BCUT2D eigenvalue weighted by Crippen LogP contribution is 2.05. The maximum Gasteiger partial charge on any atom is 0.326 e. The van der Waals surface area contributed by atoms with Crippen LogP contribution in [0.5, 0.6) is 0 Å². The van der Waals surface area contributed by atoms with E-state index in [1.807, 2.05) is 0 Å². The quantitative estimate of drug-likeness (QED) is 0.116. The van der Waals surface area contributed by atoms with Crippen molar-refractivity contribution in [1.82, 2.24) is 10.6 Å². The van der Waals surface area contributed by atoms with Gasteiger partial charge in [-0.3, -0.25) is 14.6 Å². The fraction of sp³-hybridized carbons (Fsp3) is 0.733. The summed E-state index contributed by atoms with van der Waals surface area (Å²) in [5, 5.41) is 23.4. The van der Waals surface area contributed by atoms with Gasteiger partial charge in [0.05, 0.1) is 6.10 Å². The molecule has 0 bridgehead atoms. The largest absolute Gasteiger partial charge is 0.480 e. The molecule has 26 heavy (non-hydrogen) atoms. The molecule has 0 saturated heterocycles. The Morgan fingerprint density at radius 1 is 1.08 bits per heavy atom. The van der Waals surface area contributed by atoms with E-state index in [0.29, 0.717) is 6.42 Å². The molecule has 150 valence electrons. The molecule has 2 amide bonds. The first-order valence-corrected chi connectivity index (χ1v) is 8.30. The summed E-state index contributed by atoms with van der Waals surface area (Å²) >= 11 is 0. The number of hydrogen-bond acceptors (Lipinski definition) is 6. The zero-order valence-corrected chi connectivity index (χ0v) is 15.3. The number of nitrogens with zero attached hydrogens (tertiary/aromatic N) is 1. The molecule has 11 nitrogen and oxygen atoms in total. The number of aliphatic hydroxyl groups is 1. The highest BCUT2D eigenvalue weighted by atomic mass is 16.4. The molecule has 0 aromatic rings. The summed E-state index contributed by atoms with van der Waals surface area (Å²) in [7, 11) is 0. The zero-order valence-electron chi connectivity index (χ0n) is 15.3. The van der Waals surface area contributed by atoms with Crippen molar-refractivity contribution < 1.29 is 24.6 Å². The summed E-state index contributed by atoms with van der Waals surface area (Å²) in [5.74, 6) is -3.02. The summed E-state index contributed by atoms with van der Waals surface area (Å²) in [5.41, 5.74) is 16.0. The van der Waals surface area contributed by atoms with Gasteiger partial charge < -0.3 is 38.0 Å². The number of carboxylic acid groups (broad SMARTS) is 1. The number of nitrogens with one attached hydrogen (secondary N) is 2. The van der Waals surface area contributed by atoms with Crippen molar-refractivity contribution in [3.05, 3.63) is 0 Å². The molecule has 4 atom stereocenters. The van der Waals surface area contributed by atoms with Gasteiger partial charge in [-0.05, 0) is 25.7 Å². The van der Waals surface area contributed by atoms with Crippen LogP contribution >= 0.6 is 0 Å². The number of carboxylic acids is 1. The molecule has 0 aliphatic rings. The van der Waals surface area contributed by atoms with Crippen LogP contribution < -0.4 is 27.8 Å². The van der Waals surface area contributed by atoms with Gasteiger partial charge in [0.1, 0.15) is 18.1 Å². The number of aliphatic hydroxyl groups excluding tert-OH is 1. The highest BCUT2D eigenvalue weighted by molar-refractivity contribution is 5.92. The number of aliphatic imine (C=N–C) groups is 1. The van der Waals surface area contributed by atoms with Crippen molar-refractivity contribution >= 4 is 23.7 Å². The first kappa shape index (κ1) is 23.6. The summed E-state index contributed by atoms with van der Waals surface area (Å²) in [6, 6.07) is -3.37. The van der Waals surface area contributed by atoms with E-state index in [9.17, 15) is 24.6 Å². The third kappa shape index (κ3) is 8.62. The lowest BCUT2D eigenvalue weighted by Gasteiger charge is -2.24. The van der Waals surface area contributed by atoms with Crippen LogP contribution in [-0.2, 0) is 14.4 Å². The number of guanidine groups is 1. The summed E-state index contributed by atoms with van der Waals surface area (Å²) in [6.45, 7) is 4.87. The third-order valence-electron chi connectivity index (χ3n) is 3.63. The number of carbonyl (C=O) groups excluding carboxylic acids is 2. The Morgan fingerprint density at radius 3 is 2.08 bits per heavy atom. The van der Waals surface area contributed by atoms with Gasteiger partial charge in [0.25, 0.3) is 0 Å². The number of carbonyl (C=O) groups is 3. The predicted octanol–water partition coefficient (Wildman–Crippen LogP) is -2.54. The topological polar surface area (TPSA) is 206 Å². The average molecular weight is 374 g/mol. The van der Waals surface area contributed by atoms with E-state index in [1.54, 1.807) is 13.8 Å². The van der Waals surface area contributed by atoms with Gasteiger partial charge in [0.15, 0.2) is 5.96 Å². The number of hydrogen-bond donors (Lipinski definition) is 7. The van der Waals surface area contributed by atoms with Gasteiger partial charge in [0.2, 0.25) is 11.8 Å². The summed E-state index contributed by atoms with van der Waals surface area (Å²) in [6.07, 6.45) is -0.590. The standard InChI is InChI=1S/C15H30N6O5/c1-7(2)11(14(25)26)21-12(23)9(5-4-6-19-15(17)18)20-13(24)10(16)8(3)22/h7-11,22H,4-6,16H2,1-3H3,(H,20,24)(H,21,23)(H,25,26)(H4,17,18,19)/t8-,9+,10+,11+/m1/s1. The van der Waals surface area contributed by atoms with E-state index in [0.717, 1.165) is 0 Å². The van der Waals surface area contributed by atoms with E-state index in [2.05, 4.69) is 15.6 Å². The van der Waals surface area contributed by atoms with Crippen LogP contribution in [0.1, 0.15) is 33.6 Å². The highest BCUT2D eigenvalue weighted by Gasteiger charge is 2.30. The molecule has 0 aromatic heterocycles. The monoisotopic (exact) mass is 374 g/mol. The second kappa shape index (κ2) is 11.3. The van der Waals surface area contributed by atoms with Crippen LogP contribution in [0, 0.1) is 5.92 Å². The molecule has 0 aromatic carbocycles. The third-order valence-corrected chi connectivity index (χ3v) is 3.63. The maximum absolute atomic E-state index is 12.4. The molecule has 0 fully saturated rings.